The third-order valence-electron chi connectivity index (χ3n) is 3.13. The summed E-state index contributed by atoms with van der Waals surface area (Å²) in [5.74, 6) is -1.35. The molecular formula is C11H20N2O4. The number of aliphatic carboxylic acids is 1. The first-order chi connectivity index (χ1) is 7.99. The first-order valence-electron chi connectivity index (χ1n) is 5.76. The van der Waals surface area contributed by atoms with Crippen LogP contribution in [0.25, 0.3) is 0 Å². The zero-order valence-electron chi connectivity index (χ0n) is 10.3. The number of carbonyl (C=O) groups excluding carboxylic acids is 1. The van der Waals surface area contributed by atoms with Gasteiger partial charge >= 0.3 is 5.97 Å². The number of ether oxygens (including phenoxy) is 1. The number of carboxylic acids is 1. The fourth-order valence-corrected chi connectivity index (χ4v) is 2.28. The van der Waals surface area contributed by atoms with Crippen molar-refractivity contribution in [3.63, 3.8) is 0 Å². The van der Waals surface area contributed by atoms with Crippen LogP contribution in [0.2, 0.25) is 0 Å². The average Bonchev–Trinajstić information content (AvgIpc) is 2.27. The zero-order valence-corrected chi connectivity index (χ0v) is 10.3. The van der Waals surface area contributed by atoms with Crippen LogP contribution in [0.1, 0.15) is 19.8 Å². The van der Waals surface area contributed by atoms with Crippen LogP contribution >= 0.6 is 0 Å². The lowest BCUT2D eigenvalue weighted by Crippen LogP contribution is -2.57. The number of hydrogen-bond acceptors (Lipinski definition) is 4. The molecule has 0 aromatic heterocycles. The summed E-state index contributed by atoms with van der Waals surface area (Å²) in [7, 11) is 1.46. The molecule has 6 heteroatoms. The van der Waals surface area contributed by atoms with Crippen molar-refractivity contribution < 1.29 is 19.4 Å². The van der Waals surface area contributed by atoms with E-state index >= 15 is 0 Å². The van der Waals surface area contributed by atoms with Gasteiger partial charge in [-0.05, 0) is 18.8 Å². The molecule has 0 aromatic rings. The van der Waals surface area contributed by atoms with Crippen molar-refractivity contribution >= 4 is 11.9 Å². The first-order valence-corrected chi connectivity index (χ1v) is 5.76. The Bertz CT molecular complexity index is 295. The summed E-state index contributed by atoms with van der Waals surface area (Å²) in [6.45, 7) is 2.41. The number of nitrogens with zero attached hydrogens (tertiary/aromatic N) is 1. The molecule has 98 valence electrons. The smallest absolute Gasteiger partial charge is 0.326 e. The van der Waals surface area contributed by atoms with Crippen molar-refractivity contribution in [2.24, 2.45) is 11.7 Å². The van der Waals surface area contributed by atoms with Gasteiger partial charge in [0.1, 0.15) is 12.1 Å². The first kappa shape index (κ1) is 13.9. The molecule has 6 nitrogen and oxygen atoms in total. The summed E-state index contributed by atoms with van der Waals surface area (Å²) < 4.78 is 4.82. The topological polar surface area (TPSA) is 92.9 Å². The van der Waals surface area contributed by atoms with Gasteiger partial charge in [0.05, 0.1) is 6.61 Å². The van der Waals surface area contributed by atoms with Crippen LogP contribution in [-0.2, 0) is 14.3 Å². The van der Waals surface area contributed by atoms with Gasteiger partial charge in [0.25, 0.3) is 0 Å². The Morgan fingerprint density at radius 3 is 2.76 bits per heavy atom. The van der Waals surface area contributed by atoms with Crippen LogP contribution in [0, 0.1) is 5.92 Å². The number of carboxylic acid groups (broad SMARTS) is 1. The molecule has 3 atom stereocenters. The van der Waals surface area contributed by atoms with E-state index in [-0.39, 0.29) is 18.4 Å². The van der Waals surface area contributed by atoms with E-state index in [1.54, 1.807) is 0 Å². The van der Waals surface area contributed by atoms with E-state index in [4.69, 9.17) is 10.5 Å². The minimum atomic E-state index is -0.963. The van der Waals surface area contributed by atoms with E-state index in [0.29, 0.717) is 6.54 Å². The Balaban J connectivity index is 2.78. The Morgan fingerprint density at radius 1 is 1.59 bits per heavy atom. The number of amides is 1. The highest BCUT2D eigenvalue weighted by Crippen LogP contribution is 2.24. The maximum absolute atomic E-state index is 12.0. The van der Waals surface area contributed by atoms with Crippen LogP contribution in [-0.4, -0.2) is 54.2 Å². The van der Waals surface area contributed by atoms with Crippen molar-refractivity contribution in [3.05, 3.63) is 0 Å². The van der Waals surface area contributed by atoms with Crippen LogP contribution in [0.5, 0.6) is 0 Å². The number of methoxy groups -OCH3 is 1. The summed E-state index contributed by atoms with van der Waals surface area (Å²) in [4.78, 5) is 24.6. The molecule has 1 rings (SSSR count). The van der Waals surface area contributed by atoms with Gasteiger partial charge in [-0.15, -0.1) is 0 Å². The summed E-state index contributed by atoms with van der Waals surface area (Å²) in [5, 5.41) is 9.17. The van der Waals surface area contributed by atoms with Gasteiger partial charge in [0.2, 0.25) is 5.91 Å². The molecule has 1 amide bonds. The molecule has 0 saturated carbocycles. The molecule has 1 fully saturated rings. The Kier molecular flexibility index (Phi) is 4.89. The van der Waals surface area contributed by atoms with Crippen LogP contribution in [0.4, 0.5) is 0 Å². The fraction of sp³-hybridized carbons (Fsp3) is 0.818. The number of nitrogens with two attached hydrogens (primary N) is 1. The molecule has 17 heavy (non-hydrogen) atoms. The van der Waals surface area contributed by atoms with E-state index in [0.717, 1.165) is 12.8 Å². The molecular weight excluding hydrogens is 224 g/mol. The predicted octanol–water partition coefficient (Wildman–Crippen LogP) is -0.328. The third-order valence-corrected chi connectivity index (χ3v) is 3.13. The second-order valence-corrected chi connectivity index (χ2v) is 4.50. The van der Waals surface area contributed by atoms with Gasteiger partial charge < -0.3 is 20.5 Å². The van der Waals surface area contributed by atoms with Crippen molar-refractivity contribution in [1.82, 2.24) is 4.90 Å². The van der Waals surface area contributed by atoms with E-state index < -0.39 is 18.1 Å². The van der Waals surface area contributed by atoms with Crippen molar-refractivity contribution in [2.45, 2.75) is 31.8 Å². The number of carbonyl (C=O) groups is 2. The highest BCUT2D eigenvalue weighted by molar-refractivity contribution is 5.87. The average molecular weight is 244 g/mol. The lowest BCUT2D eigenvalue weighted by molar-refractivity contribution is -0.155. The Hall–Kier alpha value is -1.14. The van der Waals surface area contributed by atoms with Crippen LogP contribution in [0.3, 0.4) is 0 Å². The lowest BCUT2D eigenvalue weighted by atomic mass is 9.90. The predicted molar refractivity (Wildman–Crippen MR) is 61.4 cm³/mol. The maximum atomic E-state index is 12.0. The number of rotatable bonds is 4. The quantitative estimate of drug-likeness (QED) is 0.706. The molecule has 1 heterocycles. The Morgan fingerprint density at radius 2 is 2.24 bits per heavy atom. The van der Waals surface area contributed by atoms with E-state index in [1.807, 2.05) is 6.92 Å². The molecule has 3 unspecified atom stereocenters. The largest absolute Gasteiger partial charge is 0.480 e. The van der Waals surface area contributed by atoms with Crippen molar-refractivity contribution in [3.8, 4) is 0 Å². The standard InChI is InChI=1S/C11H20N2O4/c1-7-4-3-5-13(9(7)11(15)16)10(14)8(12)6-17-2/h7-9H,3-6,12H2,1-2H3,(H,15,16). The SMILES string of the molecule is COCC(N)C(=O)N1CCCC(C)C1C(=O)O. The number of likely N-dealkylation sites (tertiary alicyclic amines) is 1. The monoisotopic (exact) mass is 244 g/mol. The van der Waals surface area contributed by atoms with E-state index in [2.05, 4.69) is 0 Å². The van der Waals surface area contributed by atoms with Gasteiger partial charge in [-0.2, -0.15) is 0 Å². The Labute approximate surface area is 101 Å². The van der Waals surface area contributed by atoms with E-state index in [1.165, 1.54) is 12.0 Å². The second-order valence-electron chi connectivity index (χ2n) is 4.50. The summed E-state index contributed by atoms with van der Waals surface area (Å²) >= 11 is 0. The van der Waals surface area contributed by atoms with Crippen molar-refractivity contribution in [1.29, 1.82) is 0 Å². The normalized spacial score (nSPS) is 26.6. The van der Waals surface area contributed by atoms with Gasteiger partial charge in [0.15, 0.2) is 0 Å². The molecule has 1 aliphatic heterocycles. The fourth-order valence-electron chi connectivity index (χ4n) is 2.28. The highest BCUT2D eigenvalue weighted by Gasteiger charge is 2.38. The zero-order chi connectivity index (χ0) is 13.0. The molecule has 0 aromatic carbocycles. The molecule has 0 radical (unpaired) electrons. The molecule has 0 bridgehead atoms. The van der Waals surface area contributed by atoms with Crippen LogP contribution < -0.4 is 5.73 Å². The van der Waals surface area contributed by atoms with Gasteiger partial charge in [0, 0.05) is 13.7 Å². The minimum absolute atomic E-state index is 0.0417. The minimum Gasteiger partial charge on any atom is -0.480 e. The lowest BCUT2D eigenvalue weighted by Gasteiger charge is -2.38. The van der Waals surface area contributed by atoms with Crippen molar-refractivity contribution in [2.75, 3.05) is 20.3 Å². The number of hydrogen-bond donors (Lipinski definition) is 2. The van der Waals surface area contributed by atoms with E-state index in [9.17, 15) is 14.7 Å². The summed E-state index contributed by atoms with van der Waals surface area (Å²) in [5.41, 5.74) is 5.66. The van der Waals surface area contributed by atoms with Gasteiger partial charge in [-0.1, -0.05) is 6.92 Å². The molecule has 0 spiro atoms. The summed E-state index contributed by atoms with van der Waals surface area (Å²) in [6.07, 6.45) is 1.64. The summed E-state index contributed by atoms with van der Waals surface area (Å²) in [6, 6.07) is -1.55. The molecule has 1 saturated heterocycles. The third kappa shape index (κ3) is 3.17. The van der Waals surface area contributed by atoms with Crippen LogP contribution in [0.15, 0.2) is 0 Å². The van der Waals surface area contributed by atoms with Gasteiger partial charge in [-0.3, -0.25) is 4.79 Å². The molecule has 3 N–H and O–H groups in total. The van der Waals surface area contributed by atoms with Gasteiger partial charge in [-0.25, -0.2) is 4.79 Å². The second kappa shape index (κ2) is 5.97. The number of piperidine rings is 1. The molecule has 1 aliphatic rings. The highest BCUT2D eigenvalue weighted by atomic mass is 16.5. The maximum Gasteiger partial charge on any atom is 0.326 e. The molecule has 0 aliphatic carbocycles.